The van der Waals surface area contributed by atoms with Crippen LogP contribution in [0.15, 0.2) is 6.07 Å². The standard InChI is InChI=1S/C13H21N3S/c1-9(2)7-17-8-13-15-11(10-4-5-10)6-12(14-3)16-13/h6,9-10H,4-5,7-8H2,1-3H3,(H,14,15,16). The van der Waals surface area contributed by atoms with E-state index in [0.29, 0.717) is 5.92 Å². The molecule has 4 heteroatoms. The predicted molar refractivity (Wildman–Crippen MR) is 74.6 cm³/mol. The first-order valence-corrected chi connectivity index (χ1v) is 7.48. The molecule has 1 aromatic rings. The summed E-state index contributed by atoms with van der Waals surface area (Å²) in [6, 6.07) is 2.09. The van der Waals surface area contributed by atoms with E-state index in [9.17, 15) is 0 Å². The van der Waals surface area contributed by atoms with Gasteiger partial charge >= 0.3 is 0 Å². The molecule has 0 aromatic carbocycles. The number of thioether (sulfide) groups is 1. The molecule has 1 N–H and O–H groups in total. The highest BCUT2D eigenvalue weighted by atomic mass is 32.2. The molecule has 1 aliphatic rings. The molecule has 0 aliphatic heterocycles. The second-order valence-corrected chi connectivity index (χ2v) is 6.06. The quantitative estimate of drug-likeness (QED) is 0.842. The maximum absolute atomic E-state index is 4.67. The molecule has 0 atom stereocenters. The molecule has 1 aliphatic carbocycles. The Morgan fingerprint density at radius 3 is 2.76 bits per heavy atom. The van der Waals surface area contributed by atoms with Crippen LogP contribution in [-0.2, 0) is 5.75 Å². The van der Waals surface area contributed by atoms with E-state index in [-0.39, 0.29) is 0 Å². The Balaban J connectivity index is 2.01. The smallest absolute Gasteiger partial charge is 0.140 e. The third-order valence-electron chi connectivity index (χ3n) is 2.73. The van der Waals surface area contributed by atoms with Gasteiger partial charge in [0.2, 0.25) is 0 Å². The van der Waals surface area contributed by atoms with Crippen molar-refractivity contribution in [3.05, 3.63) is 17.6 Å². The molecular formula is C13H21N3S. The summed E-state index contributed by atoms with van der Waals surface area (Å²) >= 11 is 1.92. The Morgan fingerprint density at radius 1 is 1.41 bits per heavy atom. The van der Waals surface area contributed by atoms with Crippen molar-refractivity contribution in [2.24, 2.45) is 5.92 Å². The average Bonchev–Trinajstić information content (AvgIpc) is 3.12. The van der Waals surface area contributed by atoms with Gasteiger partial charge in [-0.3, -0.25) is 0 Å². The Bertz CT molecular complexity index is 375. The van der Waals surface area contributed by atoms with E-state index in [4.69, 9.17) is 0 Å². The highest BCUT2D eigenvalue weighted by Crippen LogP contribution is 2.39. The summed E-state index contributed by atoms with van der Waals surface area (Å²) < 4.78 is 0. The number of anilines is 1. The van der Waals surface area contributed by atoms with Crippen molar-refractivity contribution in [2.75, 3.05) is 18.1 Å². The van der Waals surface area contributed by atoms with E-state index in [1.807, 2.05) is 18.8 Å². The van der Waals surface area contributed by atoms with Gasteiger partial charge in [-0.15, -0.1) is 0 Å². The highest BCUT2D eigenvalue weighted by Gasteiger charge is 2.26. The molecule has 0 unspecified atom stereocenters. The maximum Gasteiger partial charge on any atom is 0.140 e. The molecular weight excluding hydrogens is 230 g/mol. The van der Waals surface area contributed by atoms with Gasteiger partial charge in [0.05, 0.1) is 5.75 Å². The summed E-state index contributed by atoms with van der Waals surface area (Å²) in [6.45, 7) is 4.49. The van der Waals surface area contributed by atoms with Crippen molar-refractivity contribution in [3.63, 3.8) is 0 Å². The SMILES string of the molecule is CNc1cc(C2CC2)nc(CSCC(C)C)n1. The van der Waals surface area contributed by atoms with Crippen LogP contribution in [0.5, 0.6) is 0 Å². The molecule has 0 saturated heterocycles. The third kappa shape index (κ3) is 3.87. The zero-order valence-corrected chi connectivity index (χ0v) is 11.7. The molecule has 2 rings (SSSR count). The molecule has 0 bridgehead atoms. The Labute approximate surface area is 108 Å². The van der Waals surface area contributed by atoms with Crippen molar-refractivity contribution < 1.29 is 0 Å². The van der Waals surface area contributed by atoms with Crippen LogP contribution in [0.1, 0.15) is 44.1 Å². The lowest BCUT2D eigenvalue weighted by Crippen LogP contribution is -2.03. The predicted octanol–water partition coefficient (Wildman–Crippen LogP) is 3.28. The van der Waals surface area contributed by atoms with E-state index < -0.39 is 0 Å². The number of rotatable bonds is 6. The van der Waals surface area contributed by atoms with Crippen molar-refractivity contribution in [1.29, 1.82) is 0 Å². The zero-order chi connectivity index (χ0) is 12.3. The van der Waals surface area contributed by atoms with Gasteiger partial charge in [-0.25, -0.2) is 9.97 Å². The van der Waals surface area contributed by atoms with E-state index >= 15 is 0 Å². The summed E-state index contributed by atoms with van der Waals surface area (Å²) in [4.78, 5) is 9.18. The number of hydrogen-bond acceptors (Lipinski definition) is 4. The molecule has 1 heterocycles. The van der Waals surface area contributed by atoms with Crippen molar-refractivity contribution in [3.8, 4) is 0 Å². The van der Waals surface area contributed by atoms with Crippen molar-refractivity contribution >= 4 is 17.6 Å². The Hall–Kier alpha value is -0.770. The minimum Gasteiger partial charge on any atom is -0.373 e. The molecule has 1 aromatic heterocycles. The lowest BCUT2D eigenvalue weighted by molar-refractivity contribution is 0.749. The van der Waals surface area contributed by atoms with Crippen LogP contribution >= 0.6 is 11.8 Å². The molecule has 0 spiro atoms. The Kier molecular flexibility index (Phi) is 4.26. The summed E-state index contributed by atoms with van der Waals surface area (Å²) in [5.74, 6) is 5.46. The molecule has 0 amide bonds. The molecule has 94 valence electrons. The molecule has 17 heavy (non-hydrogen) atoms. The van der Waals surface area contributed by atoms with E-state index in [2.05, 4.69) is 35.2 Å². The maximum atomic E-state index is 4.67. The van der Waals surface area contributed by atoms with Crippen LogP contribution in [0.4, 0.5) is 5.82 Å². The normalized spacial score (nSPS) is 15.3. The van der Waals surface area contributed by atoms with Gasteiger partial charge in [0.15, 0.2) is 0 Å². The van der Waals surface area contributed by atoms with E-state index in [1.54, 1.807) is 0 Å². The average molecular weight is 251 g/mol. The first kappa shape index (κ1) is 12.7. The van der Waals surface area contributed by atoms with Gasteiger partial charge in [0.25, 0.3) is 0 Å². The molecule has 1 fully saturated rings. The van der Waals surface area contributed by atoms with E-state index in [1.165, 1.54) is 24.3 Å². The van der Waals surface area contributed by atoms with Gasteiger partial charge in [0, 0.05) is 24.7 Å². The third-order valence-corrected chi connectivity index (χ3v) is 4.09. The summed E-state index contributed by atoms with van der Waals surface area (Å²) in [5.41, 5.74) is 1.23. The monoisotopic (exact) mass is 251 g/mol. The zero-order valence-electron chi connectivity index (χ0n) is 10.9. The van der Waals surface area contributed by atoms with Gasteiger partial charge in [-0.2, -0.15) is 11.8 Å². The largest absolute Gasteiger partial charge is 0.373 e. The van der Waals surface area contributed by atoms with Gasteiger partial charge in [-0.1, -0.05) is 13.8 Å². The second kappa shape index (κ2) is 5.71. The first-order valence-electron chi connectivity index (χ1n) is 6.32. The van der Waals surface area contributed by atoms with Crippen LogP contribution in [0.25, 0.3) is 0 Å². The van der Waals surface area contributed by atoms with Gasteiger partial charge in [-0.05, 0) is 24.5 Å². The first-order chi connectivity index (χ1) is 8.19. The van der Waals surface area contributed by atoms with Crippen LogP contribution in [0, 0.1) is 5.92 Å². The minimum absolute atomic E-state index is 0.693. The second-order valence-electron chi connectivity index (χ2n) is 5.03. The van der Waals surface area contributed by atoms with Crippen LogP contribution in [0.3, 0.4) is 0 Å². The topological polar surface area (TPSA) is 37.8 Å². The number of nitrogens with zero attached hydrogens (tertiary/aromatic N) is 2. The number of hydrogen-bond donors (Lipinski definition) is 1. The molecule has 0 radical (unpaired) electrons. The van der Waals surface area contributed by atoms with Gasteiger partial charge < -0.3 is 5.32 Å². The van der Waals surface area contributed by atoms with Crippen LogP contribution in [-0.4, -0.2) is 22.8 Å². The highest BCUT2D eigenvalue weighted by molar-refractivity contribution is 7.98. The number of aromatic nitrogens is 2. The summed E-state index contributed by atoms with van der Waals surface area (Å²) in [6.07, 6.45) is 2.58. The lowest BCUT2D eigenvalue weighted by atomic mass is 10.3. The van der Waals surface area contributed by atoms with Crippen molar-refractivity contribution in [1.82, 2.24) is 9.97 Å². The van der Waals surface area contributed by atoms with Crippen LogP contribution in [0.2, 0.25) is 0 Å². The van der Waals surface area contributed by atoms with Gasteiger partial charge in [0.1, 0.15) is 11.6 Å². The fourth-order valence-corrected chi connectivity index (χ4v) is 2.59. The molecule has 1 saturated carbocycles. The fraction of sp³-hybridized carbons (Fsp3) is 0.692. The van der Waals surface area contributed by atoms with Crippen molar-refractivity contribution in [2.45, 2.75) is 38.4 Å². The Morgan fingerprint density at radius 2 is 2.18 bits per heavy atom. The summed E-state index contributed by atoms with van der Waals surface area (Å²) in [5, 5.41) is 3.13. The van der Waals surface area contributed by atoms with Crippen LogP contribution < -0.4 is 5.32 Å². The lowest BCUT2D eigenvalue weighted by Gasteiger charge is -2.08. The fourth-order valence-electron chi connectivity index (χ4n) is 1.68. The minimum atomic E-state index is 0.693. The summed E-state index contributed by atoms with van der Waals surface area (Å²) in [7, 11) is 1.92. The van der Waals surface area contributed by atoms with E-state index in [0.717, 1.165) is 23.3 Å². The molecule has 3 nitrogen and oxygen atoms in total. The number of nitrogens with one attached hydrogen (secondary N) is 1.